The standard InChI is InChI=1S/C21H30N4O4/c1-6-24(7-2)8-9-25-13-17-18(20(25)26)19(22-21(27)23(17)3)14-10-15(28-4)12-16(11-14)29-5/h10-12,19H,6-9,13H2,1-5H3,(H,22,27). The molecule has 0 aliphatic carbocycles. The van der Waals surface area contributed by atoms with Crippen LogP contribution in [0.2, 0.25) is 0 Å². The molecule has 0 spiro atoms. The Balaban J connectivity index is 1.92. The molecule has 0 aromatic heterocycles. The van der Waals surface area contributed by atoms with Gasteiger partial charge in [-0.15, -0.1) is 0 Å². The summed E-state index contributed by atoms with van der Waals surface area (Å²) in [4.78, 5) is 31.5. The van der Waals surface area contributed by atoms with Gasteiger partial charge >= 0.3 is 6.03 Å². The smallest absolute Gasteiger partial charge is 0.322 e. The highest BCUT2D eigenvalue weighted by Gasteiger charge is 2.43. The summed E-state index contributed by atoms with van der Waals surface area (Å²) in [7, 11) is 4.85. The van der Waals surface area contributed by atoms with Gasteiger partial charge in [-0.05, 0) is 30.8 Å². The largest absolute Gasteiger partial charge is 0.497 e. The van der Waals surface area contributed by atoms with Gasteiger partial charge in [0.2, 0.25) is 0 Å². The molecule has 2 aliphatic rings. The molecule has 2 heterocycles. The molecule has 8 heteroatoms. The third-order valence-electron chi connectivity index (χ3n) is 5.72. The fourth-order valence-corrected chi connectivity index (χ4v) is 3.85. The van der Waals surface area contributed by atoms with Crippen molar-refractivity contribution in [2.75, 3.05) is 54.0 Å². The van der Waals surface area contributed by atoms with Crippen LogP contribution in [0.5, 0.6) is 11.5 Å². The van der Waals surface area contributed by atoms with Crippen molar-refractivity contribution in [2.24, 2.45) is 0 Å². The Morgan fingerprint density at radius 2 is 1.72 bits per heavy atom. The number of benzene rings is 1. The van der Waals surface area contributed by atoms with Crippen LogP contribution in [-0.4, -0.2) is 80.6 Å². The lowest BCUT2D eigenvalue weighted by molar-refractivity contribution is -0.126. The fraction of sp³-hybridized carbons (Fsp3) is 0.524. The van der Waals surface area contributed by atoms with E-state index >= 15 is 0 Å². The number of nitrogens with zero attached hydrogens (tertiary/aromatic N) is 3. The zero-order valence-electron chi connectivity index (χ0n) is 17.8. The first-order chi connectivity index (χ1) is 13.9. The number of nitrogens with one attached hydrogen (secondary N) is 1. The summed E-state index contributed by atoms with van der Waals surface area (Å²) in [5, 5.41) is 2.95. The lowest BCUT2D eigenvalue weighted by Crippen LogP contribution is -2.45. The van der Waals surface area contributed by atoms with Crippen molar-refractivity contribution in [3.63, 3.8) is 0 Å². The van der Waals surface area contributed by atoms with E-state index in [1.807, 2.05) is 17.0 Å². The van der Waals surface area contributed by atoms with E-state index in [0.717, 1.165) is 30.9 Å². The van der Waals surface area contributed by atoms with Crippen LogP contribution >= 0.6 is 0 Å². The number of carbonyl (C=O) groups is 2. The van der Waals surface area contributed by atoms with Crippen LogP contribution in [0.4, 0.5) is 4.79 Å². The first kappa shape index (κ1) is 21.0. The molecule has 1 atom stereocenters. The highest BCUT2D eigenvalue weighted by atomic mass is 16.5. The van der Waals surface area contributed by atoms with Crippen LogP contribution in [0.3, 0.4) is 0 Å². The molecule has 8 nitrogen and oxygen atoms in total. The van der Waals surface area contributed by atoms with Crippen molar-refractivity contribution in [2.45, 2.75) is 19.9 Å². The number of urea groups is 1. The second kappa shape index (κ2) is 8.73. The number of methoxy groups -OCH3 is 2. The summed E-state index contributed by atoms with van der Waals surface area (Å²) in [5.41, 5.74) is 2.13. The molecule has 1 aromatic carbocycles. The van der Waals surface area contributed by atoms with E-state index in [4.69, 9.17) is 9.47 Å². The molecular formula is C21H30N4O4. The minimum absolute atomic E-state index is 0.0363. The SMILES string of the molecule is CCN(CC)CCN1CC2=C(C1=O)C(c1cc(OC)cc(OC)c1)NC(=O)N2C. The molecule has 3 amide bonds. The molecule has 3 rings (SSSR count). The van der Waals surface area contributed by atoms with E-state index in [1.165, 1.54) is 0 Å². The van der Waals surface area contributed by atoms with E-state index in [0.29, 0.717) is 30.2 Å². The van der Waals surface area contributed by atoms with E-state index < -0.39 is 6.04 Å². The zero-order chi connectivity index (χ0) is 21.1. The number of carbonyl (C=O) groups excluding carboxylic acids is 2. The van der Waals surface area contributed by atoms with Crippen LogP contribution in [0.15, 0.2) is 29.5 Å². The van der Waals surface area contributed by atoms with Crippen LogP contribution in [0.25, 0.3) is 0 Å². The quantitative estimate of drug-likeness (QED) is 0.718. The van der Waals surface area contributed by atoms with Crippen molar-refractivity contribution in [3.8, 4) is 11.5 Å². The van der Waals surface area contributed by atoms with E-state index in [2.05, 4.69) is 24.1 Å². The molecule has 2 aliphatic heterocycles. The summed E-state index contributed by atoms with van der Waals surface area (Å²) in [6.07, 6.45) is 0. The Morgan fingerprint density at radius 3 is 2.28 bits per heavy atom. The number of hydrogen-bond acceptors (Lipinski definition) is 5. The maximum atomic E-state index is 13.3. The molecule has 0 radical (unpaired) electrons. The topological polar surface area (TPSA) is 74.4 Å². The number of likely N-dealkylation sites (N-methyl/N-ethyl adjacent to an activating group) is 2. The van der Waals surface area contributed by atoms with Gasteiger partial charge in [0.05, 0.1) is 38.1 Å². The van der Waals surface area contributed by atoms with Crippen molar-refractivity contribution >= 4 is 11.9 Å². The normalized spacial score (nSPS) is 19.0. The molecule has 0 saturated carbocycles. The summed E-state index contributed by atoms with van der Waals surface area (Å²) in [6, 6.07) is 4.66. The molecule has 0 fully saturated rings. The summed E-state index contributed by atoms with van der Waals surface area (Å²) in [5.74, 6) is 1.18. The molecule has 1 unspecified atom stereocenters. The number of hydrogen-bond donors (Lipinski definition) is 1. The summed E-state index contributed by atoms with van der Waals surface area (Å²) in [6.45, 7) is 7.99. The van der Waals surface area contributed by atoms with Crippen LogP contribution in [0.1, 0.15) is 25.5 Å². The van der Waals surface area contributed by atoms with Gasteiger partial charge in [0.25, 0.3) is 5.91 Å². The molecular weight excluding hydrogens is 372 g/mol. The van der Waals surface area contributed by atoms with Gasteiger partial charge in [-0.1, -0.05) is 13.8 Å². The summed E-state index contributed by atoms with van der Waals surface area (Å²) < 4.78 is 10.7. The van der Waals surface area contributed by atoms with Gasteiger partial charge in [0, 0.05) is 26.2 Å². The first-order valence-corrected chi connectivity index (χ1v) is 9.95. The molecule has 1 N–H and O–H groups in total. The summed E-state index contributed by atoms with van der Waals surface area (Å²) >= 11 is 0. The predicted octanol–water partition coefficient (Wildman–Crippen LogP) is 1.84. The minimum Gasteiger partial charge on any atom is -0.497 e. The van der Waals surface area contributed by atoms with Gasteiger partial charge in [-0.25, -0.2) is 4.79 Å². The second-order valence-electron chi connectivity index (χ2n) is 7.20. The highest BCUT2D eigenvalue weighted by molar-refractivity contribution is 6.01. The molecule has 158 valence electrons. The van der Waals surface area contributed by atoms with E-state index in [9.17, 15) is 9.59 Å². The van der Waals surface area contributed by atoms with E-state index in [-0.39, 0.29) is 11.9 Å². The lowest BCUT2D eigenvalue weighted by atomic mass is 9.95. The number of amides is 3. The Bertz CT molecular complexity index is 797. The second-order valence-corrected chi connectivity index (χ2v) is 7.20. The first-order valence-electron chi connectivity index (χ1n) is 9.95. The van der Waals surface area contributed by atoms with Crippen molar-refractivity contribution < 1.29 is 19.1 Å². The monoisotopic (exact) mass is 402 g/mol. The number of rotatable bonds is 8. The minimum atomic E-state index is -0.538. The Hall–Kier alpha value is -2.74. The van der Waals surface area contributed by atoms with Gasteiger partial charge < -0.3 is 24.6 Å². The van der Waals surface area contributed by atoms with Crippen molar-refractivity contribution in [1.82, 2.24) is 20.0 Å². The average molecular weight is 402 g/mol. The van der Waals surface area contributed by atoms with E-state index in [1.54, 1.807) is 32.2 Å². The predicted molar refractivity (Wildman–Crippen MR) is 110 cm³/mol. The third-order valence-corrected chi connectivity index (χ3v) is 5.72. The zero-order valence-corrected chi connectivity index (χ0v) is 17.8. The Kier molecular flexibility index (Phi) is 6.32. The van der Waals surface area contributed by atoms with Crippen molar-refractivity contribution in [3.05, 3.63) is 35.0 Å². The van der Waals surface area contributed by atoms with Gasteiger partial charge in [-0.3, -0.25) is 9.69 Å². The Labute approximate surface area is 172 Å². The average Bonchev–Trinajstić information content (AvgIpc) is 3.07. The van der Waals surface area contributed by atoms with Crippen LogP contribution < -0.4 is 14.8 Å². The fourth-order valence-electron chi connectivity index (χ4n) is 3.85. The maximum Gasteiger partial charge on any atom is 0.322 e. The molecule has 0 saturated heterocycles. The van der Waals surface area contributed by atoms with Crippen LogP contribution in [0, 0.1) is 0 Å². The Morgan fingerprint density at radius 1 is 1.10 bits per heavy atom. The molecule has 1 aromatic rings. The van der Waals surface area contributed by atoms with Gasteiger partial charge in [0.15, 0.2) is 0 Å². The van der Waals surface area contributed by atoms with Crippen molar-refractivity contribution in [1.29, 1.82) is 0 Å². The maximum absolute atomic E-state index is 13.3. The van der Waals surface area contributed by atoms with Gasteiger partial charge in [0.1, 0.15) is 11.5 Å². The molecule has 29 heavy (non-hydrogen) atoms. The van der Waals surface area contributed by atoms with Crippen LogP contribution in [-0.2, 0) is 4.79 Å². The highest BCUT2D eigenvalue weighted by Crippen LogP contribution is 2.38. The van der Waals surface area contributed by atoms with Gasteiger partial charge in [-0.2, -0.15) is 0 Å². The third kappa shape index (κ3) is 4.03. The molecule has 0 bridgehead atoms. The number of ether oxygens (including phenoxy) is 2. The lowest BCUT2D eigenvalue weighted by Gasteiger charge is -2.31.